The number of fused-ring (bicyclic) bond motifs is 1. The summed E-state index contributed by atoms with van der Waals surface area (Å²) in [5.74, 6) is 0.811. The first-order valence-electron chi connectivity index (χ1n) is 7.69. The van der Waals surface area contributed by atoms with Crippen LogP contribution in [0.1, 0.15) is 21.0 Å². The van der Waals surface area contributed by atoms with Crippen molar-refractivity contribution in [2.24, 2.45) is 0 Å². The van der Waals surface area contributed by atoms with Gasteiger partial charge in [0.25, 0.3) is 5.91 Å². The standard InChI is InChI=1S/C17H12N6O3S/c1-7-5-10(23-26-7)21-16(24)14-13(19)12-11(9-3-2-4-25-9)8(6-18)15(20)22-17(12)27-14/h2-5H,19H2,1H3,(H2,20,22)(H,21,23,24). The molecule has 0 aliphatic carbocycles. The summed E-state index contributed by atoms with van der Waals surface area (Å²) in [6.07, 6.45) is 1.47. The van der Waals surface area contributed by atoms with Gasteiger partial charge in [-0.15, -0.1) is 11.3 Å². The van der Waals surface area contributed by atoms with Crippen LogP contribution in [-0.2, 0) is 0 Å². The molecule has 4 aromatic rings. The minimum absolute atomic E-state index is 0.0386. The van der Waals surface area contributed by atoms with Gasteiger partial charge in [0.2, 0.25) is 0 Å². The number of thiophene rings is 1. The molecule has 4 aromatic heterocycles. The molecule has 0 saturated heterocycles. The van der Waals surface area contributed by atoms with Gasteiger partial charge in [0.05, 0.1) is 17.5 Å². The van der Waals surface area contributed by atoms with Crippen LogP contribution in [-0.4, -0.2) is 16.0 Å². The quantitative estimate of drug-likeness (QED) is 0.489. The fraction of sp³-hybridized carbons (Fsp3) is 0.0588. The number of anilines is 3. The number of rotatable bonds is 3. The number of aromatic nitrogens is 2. The van der Waals surface area contributed by atoms with Crippen molar-refractivity contribution in [2.45, 2.75) is 6.92 Å². The Balaban J connectivity index is 1.90. The average molecular weight is 380 g/mol. The molecule has 0 unspecified atom stereocenters. The Bertz CT molecular complexity index is 1220. The van der Waals surface area contributed by atoms with E-state index in [9.17, 15) is 10.1 Å². The summed E-state index contributed by atoms with van der Waals surface area (Å²) in [6.45, 7) is 1.71. The number of nitrogens with zero attached hydrogens (tertiary/aromatic N) is 3. The van der Waals surface area contributed by atoms with E-state index in [1.807, 2.05) is 6.07 Å². The van der Waals surface area contributed by atoms with E-state index in [-0.39, 0.29) is 27.8 Å². The largest absolute Gasteiger partial charge is 0.464 e. The highest BCUT2D eigenvalue weighted by molar-refractivity contribution is 7.21. The zero-order valence-corrected chi connectivity index (χ0v) is 14.8. The number of nitrogens with one attached hydrogen (secondary N) is 1. The monoisotopic (exact) mass is 380 g/mol. The number of nitriles is 1. The first-order valence-corrected chi connectivity index (χ1v) is 8.51. The maximum atomic E-state index is 12.6. The summed E-state index contributed by atoms with van der Waals surface area (Å²) in [5.41, 5.74) is 12.9. The highest BCUT2D eigenvalue weighted by atomic mass is 32.1. The summed E-state index contributed by atoms with van der Waals surface area (Å²) < 4.78 is 10.4. The zero-order valence-electron chi connectivity index (χ0n) is 13.9. The third-order valence-electron chi connectivity index (χ3n) is 3.86. The van der Waals surface area contributed by atoms with Crippen LogP contribution in [0, 0.1) is 18.3 Å². The van der Waals surface area contributed by atoms with Crippen molar-refractivity contribution in [3.63, 3.8) is 0 Å². The van der Waals surface area contributed by atoms with Crippen molar-refractivity contribution in [2.75, 3.05) is 16.8 Å². The van der Waals surface area contributed by atoms with Crippen molar-refractivity contribution >= 4 is 44.8 Å². The Hall–Kier alpha value is -3.84. The van der Waals surface area contributed by atoms with Crippen molar-refractivity contribution in [1.82, 2.24) is 10.1 Å². The fourth-order valence-corrected chi connectivity index (χ4v) is 3.72. The molecule has 4 rings (SSSR count). The second-order valence-corrected chi connectivity index (χ2v) is 6.64. The number of carbonyl (C=O) groups is 1. The average Bonchev–Trinajstić information content (AvgIpc) is 3.35. The summed E-state index contributed by atoms with van der Waals surface area (Å²) in [7, 11) is 0. The molecule has 4 heterocycles. The third kappa shape index (κ3) is 2.66. The summed E-state index contributed by atoms with van der Waals surface area (Å²) in [6, 6.07) is 6.98. The van der Waals surface area contributed by atoms with E-state index in [0.717, 1.165) is 11.3 Å². The second kappa shape index (κ2) is 6.15. The van der Waals surface area contributed by atoms with E-state index in [1.165, 1.54) is 6.26 Å². The zero-order chi connectivity index (χ0) is 19.1. The smallest absolute Gasteiger partial charge is 0.269 e. The highest BCUT2D eigenvalue weighted by Gasteiger charge is 2.25. The Morgan fingerprint density at radius 1 is 1.41 bits per heavy atom. The molecular weight excluding hydrogens is 368 g/mol. The third-order valence-corrected chi connectivity index (χ3v) is 4.96. The van der Waals surface area contributed by atoms with Gasteiger partial charge in [0.15, 0.2) is 5.82 Å². The van der Waals surface area contributed by atoms with Crippen LogP contribution in [0.4, 0.5) is 17.3 Å². The van der Waals surface area contributed by atoms with Gasteiger partial charge >= 0.3 is 0 Å². The number of hydrogen-bond donors (Lipinski definition) is 3. The van der Waals surface area contributed by atoms with Gasteiger partial charge in [-0.2, -0.15) is 5.26 Å². The SMILES string of the molecule is Cc1cc(NC(=O)c2sc3nc(N)c(C#N)c(-c4ccco4)c3c2N)no1. The molecule has 5 N–H and O–H groups in total. The van der Waals surface area contributed by atoms with Crippen molar-refractivity contribution in [3.8, 4) is 17.4 Å². The Labute approximate surface area is 156 Å². The van der Waals surface area contributed by atoms with Crippen LogP contribution in [0.5, 0.6) is 0 Å². The van der Waals surface area contributed by atoms with E-state index in [0.29, 0.717) is 27.3 Å². The molecule has 0 saturated carbocycles. The number of hydrogen-bond acceptors (Lipinski definition) is 9. The molecule has 0 aromatic carbocycles. The number of nitrogen functional groups attached to an aromatic ring is 2. The lowest BCUT2D eigenvalue weighted by Crippen LogP contribution is -2.12. The lowest BCUT2D eigenvalue weighted by Gasteiger charge is -2.06. The first kappa shape index (κ1) is 16.6. The van der Waals surface area contributed by atoms with E-state index in [2.05, 4.69) is 15.5 Å². The van der Waals surface area contributed by atoms with Crippen LogP contribution in [0.15, 0.2) is 33.4 Å². The van der Waals surface area contributed by atoms with Gasteiger partial charge in [-0.1, -0.05) is 5.16 Å². The van der Waals surface area contributed by atoms with Crippen molar-refractivity contribution < 1.29 is 13.7 Å². The van der Waals surface area contributed by atoms with E-state index in [4.69, 9.17) is 20.4 Å². The van der Waals surface area contributed by atoms with Gasteiger partial charge in [0.1, 0.15) is 38.7 Å². The summed E-state index contributed by atoms with van der Waals surface area (Å²) >= 11 is 1.07. The normalized spacial score (nSPS) is 10.8. The Morgan fingerprint density at radius 2 is 2.22 bits per heavy atom. The molecule has 0 radical (unpaired) electrons. The highest BCUT2D eigenvalue weighted by Crippen LogP contribution is 2.42. The van der Waals surface area contributed by atoms with Crippen LogP contribution < -0.4 is 16.8 Å². The van der Waals surface area contributed by atoms with Gasteiger partial charge < -0.3 is 25.7 Å². The van der Waals surface area contributed by atoms with Crippen LogP contribution >= 0.6 is 11.3 Å². The van der Waals surface area contributed by atoms with E-state index in [1.54, 1.807) is 25.1 Å². The maximum Gasteiger partial charge on any atom is 0.269 e. The number of carbonyl (C=O) groups excluding carboxylic acids is 1. The van der Waals surface area contributed by atoms with Crippen LogP contribution in [0.25, 0.3) is 21.5 Å². The molecule has 0 atom stereocenters. The molecule has 1 amide bonds. The van der Waals surface area contributed by atoms with E-state index < -0.39 is 5.91 Å². The van der Waals surface area contributed by atoms with Gasteiger partial charge in [0, 0.05) is 11.5 Å². The molecule has 0 bridgehead atoms. The molecule has 134 valence electrons. The van der Waals surface area contributed by atoms with Crippen molar-refractivity contribution in [1.29, 1.82) is 5.26 Å². The molecule has 9 nitrogen and oxygen atoms in total. The number of amides is 1. The Morgan fingerprint density at radius 3 is 2.85 bits per heavy atom. The van der Waals surface area contributed by atoms with Gasteiger partial charge in [-0.25, -0.2) is 4.98 Å². The van der Waals surface area contributed by atoms with Crippen LogP contribution in [0.2, 0.25) is 0 Å². The van der Waals surface area contributed by atoms with E-state index >= 15 is 0 Å². The summed E-state index contributed by atoms with van der Waals surface area (Å²) in [5, 5.41) is 16.3. The van der Waals surface area contributed by atoms with Gasteiger partial charge in [-0.3, -0.25) is 4.79 Å². The number of furan rings is 1. The Kier molecular flexibility index (Phi) is 3.79. The fourth-order valence-electron chi connectivity index (χ4n) is 2.72. The van der Waals surface area contributed by atoms with Crippen LogP contribution in [0.3, 0.4) is 0 Å². The number of aryl methyl sites for hydroxylation is 1. The summed E-state index contributed by atoms with van der Waals surface area (Å²) in [4.78, 5) is 17.5. The molecule has 0 spiro atoms. The maximum absolute atomic E-state index is 12.6. The van der Waals surface area contributed by atoms with Crippen molar-refractivity contribution in [3.05, 3.63) is 40.7 Å². The number of nitrogens with two attached hydrogens (primary N) is 2. The van der Waals surface area contributed by atoms with Gasteiger partial charge in [-0.05, 0) is 19.1 Å². The molecular formula is C17H12N6O3S. The second-order valence-electron chi connectivity index (χ2n) is 5.64. The predicted octanol–water partition coefficient (Wildman–Crippen LogP) is 3.14. The molecule has 27 heavy (non-hydrogen) atoms. The lowest BCUT2D eigenvalue weighted by atomic mass is 10.0. The minimum Gasteiger partial charge on any atom is -0.464 e. The molecule has 10 heteroatoms. The lowest BCUT2D eigenvalue weighted by molar-refractivity contribution is 0.103. The molecule has 0 aliphatic rings. The predicted molar refractivity (Wildman–Crippen MR) is 100 cm³/mol. The molecule has 0 aliphatic heterocycles. The number of pyridine rings is 1. The molecule has 0 fully saturated rings. The first-order chi connectivity index (χ1) is 13.0. The minimum atomic E-state index is -0.466. The topological polar surface area (TPSA) is 157 Å².